The number of anilines is 1. The van der Waals surface area contributed by atoms with Crippen LogP contribution in [0.2, 0.25) is 5.02 Å². The van der Waals surface area contributed by atoms with E-state index in [1.54, 1.807) is 18.2 Å². The van der Waals surface area contributed by atoms with E-state index in [-0.39, 0.29) is 11.4 Å². The lowest BCUT2D eigenvalue weighted by molar-refractivity contribution is 0.0272. The Kier molecular flexibility index (Phi) is 3.78. The van der Waals surface area contributed by atoms with E-state index in [0.29, 0.717) is 22.9 Å². The summed E-state index contributed by atoms with van der Waals surface area (Å²) in [5.41, 5.74) is 6.30. The van der Waals surface area contributed by atoms with Gasteiger partial charge in [-0.05, 0) is 38.0 Å². The molecule has 1 fully saturated rings. The molecule has 0 aromatic heterocycles. The Morgan fingerprint density at radius 2 is 2.33 bits per heavy atom. The Labute approximate surface area is 111 Å². The Bertz CT molecular complexity index is 456. The van der Waals surface area contributed by atoms with E-state index in [2.05, 4.69) is 5.32 Å². The summed E-state index contributed by atoms with van der Waals surface area (Å²) in [4.78, 5) is 12.1. The summed E-state index contributed by atoms with van der Waals surface area (Å²) in [7, 11) is 0. The first-order valence-corrected chi connectivity index (χ1v) is 6.33. The number of benzene rings is 1. The number of halogens is 1. The number of ether oxygens (including phenoxy) is 1. The number of nitrogen functional groups attached to an aromatic ring is 1. The molecule has 0 saturated carbocycles. The van der Waals surface area contributed by atoms with Gasteiger partial charge in [-0.2, -0.15) is 0 Å². The fraction of sp³-hybridized carbons (Fsp3) is 0.462. The second-order valence-electron chi connectivity index (χ2n) is 4.91. The predicted molar refractivity (Wildman–Crippen MR) is 71.8 cm³/mol. The molecule has 4 nitrogen and oxygen atoms in total. The molecule has 1 heterocycles. The fourth-order valence-corrected chi connectivity index (χ4v) is 2.23. The summed E-state index contributed by atoms with van der Waals surface area (Å²) in [5, 5.41) is 3.39. The van der Waals surface area contributed by atoms with Crippen molar-refractivity contribution in [1.82, 2.24) is 5.32 Å². The first kappa shape index (κ1) is 13.2. The van der Waals surface area contributed by atoms with Gasteiger partial charge in [0, 0.05) is 12.2 Å². The summed E-state index contributed by atoms with van der Waals surface area (Å²) < 4.78 is 5.40. The maximum absolute atomic E-state index is 12.1. The van der Waals surface area contributed by atoms with Gasteiger partial charge in [0.15, 0.2) is 0 Å². The van der Waals surface area contributed by atoms with Crippen LogP contribution in [0.4, 0.5) is 5.69 Å². The monoisotopic (exact) mass is 268 g/mol. The molecule has 1 unspecified atom stereocenters. The second kappa shape index (κ2) is 5.16. The van der Waals surface area contributed by atoms with Gasteiger partial charge >= 0.3 is 0 Å². The normalized spacial score (nSPS) is 23.7. The Morgan fingerprint density at radius 3 is 2.94 bits per heavy atom. The van der Waals surface area contributed by atoms with Gasteiger partial charge in [-0.15, -0.1) is 0 Å². The molecule has 1 atom stereocenters. The molecule has 98 valence electrons. The molecule has 0 radical (unpaired) electrons. The van der Waals surface area contributed by atoms with Crippen molar-refractivity contribution in [3.8, 4) is 0 Å². The van der Waals surface area contributed by atoms with Gasteiger partial charge in [-0.25, -0.2) is 0 Å². The maximum atomic E-state index is 12.1. The van der Waals surface area contributed by atoms with E-state index >= 15 is 0 Å². The van der Waals surface area contributed by atoms with Crippen molar-refractivity contribution in [2.45, 2.75) is 25.3 Å². The first-order valence-electron chi connectivity index (χ1n) is 5.95. The zero-order valence-electron chi connectivity index (χ0n) is 10.3. The van der Waals surface area contributed by atoms with Crippen molar-refractivity contribution >= 4 is 23.2 Å². The largest absolute Gasteiger partial charge is 0.398 e. The zero-order valence-corrected chi connectivity index (χ0v) is 11.1. The zero-order chi connectivity index (χ0) is 13.2. The number of rotatable bonds is 2. The van der Waals surface area contributed by atoms with Gasteiger partial charge in [0.1, 0.15) is 0 Å². The highest BCUT2D eigenvalue weighted by Gasteiger charge is 2.29. The van der Waals surface area contributed by atoms with E-state index in [9.17, 15) is 4.79 Å². The first-order chi connectivity index (χ1) is 8.50. The van der Waals surface area contributed by atoms with Crippen LogP contribution in [-0.4, -0.2) is 24.7 Å². The van der Waals surface area contributed by atoms with Crippen molar-refractivity contribution in [1.29, 1.82) is 0 Å². The lowest BCUT2D eigenvalue weighted by Crippen LogP contribution is -2.51. The molecule has 0 bridgehead atoms. The smallest absolute Gasteiger partial charge is 0.251 e. The highest BCUT2D eigenvalue weighted by atomic mass is 35.5. The second-order valence-corrected chi connectivity index (χ2v) is 5.31. The molecule has 1 aromatic rings. The van der Waals surface area contributed by atoms with E-state index in [0.717, 1.165) is 19.4 Å². The number of carbonyl (C=O) groups excluding carboxylic acids is 1. The van der Waals surface area contributed by atoms with Crippen molar-refractivity contribution in [2.24, 2.45) is 0 Å². The average molecular weight is 269 g/mol. The van der Waals surface area contributed by atoms with Crippen LogP contribution in [-0.2, 0) is 4.74 Å². The number of nitrogens with one attached hydrogen (secondary N) is 1. The lowest BCUT2D eigenvalue weighted by Gasteiger charge is -2.34. The number of carbonyl (C=O) groups is 1. The molecule has 1 amide bonds. The quantitative estimate of drug-likeness (QED) is 0.809. The summed E-state index contributed by atoms with van der Waals surface area (Å²) in [6, 6.07) is 4.89. The highest BCUT2D eigenvalue weighted by molar-refractivity contribution is 6.33. The molecule has 2 rings (SSSR count). The van der Waals surface area contributed by atoms with Gasteiger partial charge in [-0.3, -0.25) is 4.79 Å². The maximum Gasteiger partial charge on any atom is 0.251 e. The molecule has 18 heavy (non-hydrogen) atoms. The fourth-order valence-electron chi connectivity index (χ4n) is 2.05. The number of amides is 1. The van der Waals surface area contributed by atoms with Gasteiger partial charge in [-0.1, -0.05) is 11.6 Å². The summed E-state index contributed by atoms with van der Waals surface area (Å²) in [6.07, 6.45) is 1.88. The predicted octanol–water partition coefficient (Wildman–Crippen LogP) is 2.22. The SMILES string of the molecule is CC1(NC(=O)c2ccc(N)c(Cl)c2)CCCOC1. The van der Waals surface area contributed by atoms with Crippen LogP contribution in [0.1, 0.15) is 30.1 Å². The minimum Gasteiger partial charge on any atom is -0.398 e. The molecular weight excluding hydrogens is 252 g/mol. The van der Waals surface area contributed by atoms with Crippen LogP contribution >= 0.6 is 11.6 Å². The molecule has 3 N–H and O–H groups in total. The third kappa shape index (κ3) is 2.94. The summed E-state index contributed by atoms with van der Waals surface area (Å²) in [5.74, 6) is -0.148. The molecule has 5 heteroatoms. The van der Waals surface area contributed by atoms with Crippen molar-refractivity contribution < 1.29 is 9.53 Å². The van der Waals surface area contributed by atoms with Crippen LogP contribution in [0, 0.1) is 0 Å². The molecule has 0 aliphatic carbocycles. The van der Waals surface area contributed by atoms with Crippen LogP contribution in [0.25, 0.3) is 0 Å². The van der Waals surface area contributed by atoms with Crippen LogP contribution in [0.3, 0.4) is 0 Å². The van der Waals surface area contributed by atoms with Gasteiger partial charge < -0.3 is 15.8 Å². The molecule has 0 spiro atoms. The molecule has 1 aromatic carbocycles. The van der Waals surface area contributed by atoms with E-state index in [4.69, 9.17) is 22.1 Å². The summed E-state index contributed by atoms with van der Waals surface area (Å²) in [6.45, 7) is 3.30. The van der Waals surface area contributed by atoms with Gasteiger partial charge in [0.2, 0.25) is 0 Å². The third-order valence-corrected chi connectivity index (χ3v) is 3.44. The highest BCUT2D eigenvalue weighted by Crippen LogP contribution is 2.22. The minimum atomic E-state index is -0.302. The van der Waals surface area contributed by atoms with Crippen LogP contribution < -0.4 is 11.1 Å². The van der Waals surface area contributed by atoms with Crippen molar-refractivity contribution in [2.75, 3.05) is 18.9 Å². The van der Waals surface area contributed by atoms with Crippen LogP contribution in [0.15, 0.2) is 18.2 Å². The molecule has 1 aliphatic heterocycles. The third-order valence-electron chi connectivity index (χ3n) is 3.12. The number of hydrogen-bond donors (Lipinski definition) is 2. The average Bonchev–Trinajstić information content (AvgIpc) is 2.33. The van der Waals surface area contributed by atoms with E-state index in [1.165, 1.54) is 0 Å². The summed E-state index contributed by atoms with van der Waals surface area (Å²) >= 11 is 5.91. The minimum absolute atomic E-state index is 0.148. The van der Waals surface area contributed by atoms with Crippen molar-refractivity contribution in [3.05, 3.63) is 28.8 Å². The van der Waals surface area contributed by atoms with E-state index < -0.39 is 0 Å². The molecule has 1 aliphatic rings. The molecule has 1 saturated heterocycles. The standard InChI is InChI=1S/C13H17ClN2O2/c1-13(5-2-6-18-8-13)16-12(17)9-3-4-11(15)10(14)7-9/h3-4,7H,2,5-6,8,15H2,1H3,(H,16,17). The Balaban J connectivity index is 2.09. The van der Waals surface area contributed by atoms with Crippen LogP contribution in [0.5, 0.6) is 0 Å². The van der Waals surface area contributed by atoms with Gasteiger partial charge in [0.05, 0.1) is 22.9 Å². The van der Waals surface area contributed by atoms with Gasteiger partial charge in [0.25, 0.3) is 5.91 Å². The van der Waals surface area contributed by atoms with Crippen molar-refractivity contribution in [3.63, 3.8) is 0 Å². The topological polar surface area (TPSA) is 64.4 Å². The number of nitrogens with two attached hydrogens (primary N) is 1. The molecular formula is C13H17ClN2O2. The Morgan fingerprint density at radius 1 is 1.56 bits per heavy atom. The van der Waals surface area contributed by atoms with E-state index in [1.807, 2.05) is 6.92 Å². The lowest BCUT2D eigenvalue weighted by atomic mass is 9.94. The Hall–Kier alpha value is -1.26. The number of hydrogen-bond acceptors (Lipinski definition) is 3.